The maximum absolute atomic E-state index is 11.9. The monoisotopic (exact) mass is 301 g/mol. The fourth-order valence-electron chi connectivity index (χ4n) is 1.42. The van der Waals surface area contributed by atoms with Crippen molar-refractivity contribution in [1.82, 2.24) is 0 Å². The third kappa shape index (κ3) is 3.95. The zero-order chi connectivity index (χ0) is 15.3. The summed E-state index contributed by atoms with van der Waals surface area (Å²) in [4.78, 5) is 21.9. The van der Waals surface area contributed by atoms with Gasteiger partial charge < -0.3 is 9.84 Å². The first-order chi connectivity index (χ1) is 9.27. The van der Waals surface area contributed by atoms with Gasteiger partial charge in [-0.25, -0.2) is 13.2 Å². The molecule has 110 valence electrons. The summed E-state index contributed by atoms with van der Waals surface area (Å²) in [7, 11) is -2.57. The van der Waals surface area contributed by atoms with Crippen LogP contribution in [0.4, 0.5) is 5.69 Å². The lowest BCUT2D eigenvalue weighted by Crippen LogP contribution is -2.33. The van der Waals surface area contributed by atoms with Crippen molar-refractivity contribution in [2.24, 2.45) is 0 Å². The average molecular weight is 301 g/mol. The maximum Gasteiger partial charge on any atom is 0.335 e. The second-order valence-corrected chi connectivity index (χ2v) is 5.88. The number of anilines is 1. The number of nitrogens with zero attached hydrogens (tertiary/aromatic N) is 1. The maximum atomic E-state index is 11.9. The van der Waals surface area contributed by atoms with Crippen molar-refractivity contribution in [2.75, 3.05) is 23.7 Å². The Kier molecular flexibility index (Phi) is 5.09. The molecule has 0 unspecified atom stereocenters. The molecule has 0 aromatic heterocycles. The van der Waals surface area contributed by atoms with Crippen LogP contribution in [0.15, 0.2) is 24.3 Å². The van der Waals surface area contributed by atoms with Crippen LogP contribution in [-0.2, 0) is 19.6 Å². The van der Waals surface area contributed by atoms with Gasteiger partial charge in [0.1, 0.15) is 0 Å². The first kappa shape index (κ1) is 16.0. The van der Waals surface area contributed by atoms with Gasteiger partial charge in [-0.05, 0) is 31.2 Å². The van der Waals surface area contributed by atoms with E-state index in [4.69, 9.17) is 5.11 Å². The number of carboxylic acids is 1. The molecule has 0 saturated carbocycles. The third-order valence-corrected chi connectivity index (χ3v) is 4.15. The molecule has 1 rings (SSSR count). The molecule has 0 saturated heterocycles. The quantitative estimate of drug-likeness (QED) is 0.777. The Morgan fingerprint density at radius 3 is 2.25 bits per heavy atom. The standard InChI is InChI=1S/C12H15NO6S/c1-3-19-11(14)8-20(17,18)13(2)10-6-4-9(5-7-10)12(15)16/h4-7H,3,8H2,1-2H3,(H,15,16). The van der Waals surface area contributed by atoms with Crippen molar-refractivity contribution in [3.05, 3.63) is 29.8 Å². The lowest BCUT2D eigenvalue weighted by atomic mass is 10.2. The molecular formula is C12H15NO6S. The summed E-state index contributed by atoms with van der Waals surface area (Å²) >= 11 is 0. The second-order valence-electron chi connectivity index (χ2n) is 3.88. The van der Waals surface area contributed by atoms with Gasteiger partial charge in [0, 0.05) is 7.05 Å². The summed E-state index contributed by atoms with van der Waals surface area (Å²) < 4.78 is 29.4. The van der Waals surface area contributed by atoms with Crippen molar-refractivity contribution < 1.29 is 27.9 Å². The Hall–Kier alpha value is -2.09. The summed E-state index contributed by atoms with van der Waals surface area (Å²) in [6.45, 7) is 1.68. The van der Waals surface area contributed by atoms with E-state index in [0.29, 0.717) is 0 Å². The predicted molar refractivity (Wildman–Crippen MR) is 72.2 cm³/mol. The SMILES string of the molecule is CCOC(=O)CS(=O)(=O)N(C)c1ccc(C(=O)O)cc1. The summed E-state index contributed by atoms with van der Waals surface area (Å²) in [5, 5.41) is 8.76. The molecule has 20 heavy (non-hydrogen) atoms. The zero-order valence-corrected chi connectivity index (χ0v) is 11.9. The van der Waals surface area contributed by atoms with Crippen molar-refractivity contribution in [2.45, 2.75) is 6.92 Å². The number of benzene rings is 1. The molecule has 0 amide bonds. The van der Waals surface area contributed by atoms with Gasteiger partial charge in [0.15, 0.2) is 5.75 Å². The van der Waals surface area contributed by atoms with E-state index in [1.165, 1.54) is 31.3 Å². The van der Waals surface area contributed by atoms with E-state index in [1.54, 1.807) is 6.92 Å². The highest BCUT2D eigenvalue weighted by atomic mass is 32.2. The largest absolute Gasteiger partial charge is 0.478 e. The average Bonchev–Trinajstić information content (AvgIpc) is 2.37. The number of carbonyl (C=O) groups excluding carboxylic acids is 1. The third-order valence-electron chi connectivity index (χ3n) is 2.50. The number of sulfonamides is 1. The van der Waals surface area contributed by atoms with Crippen LogP contribution < -0.4 is 4.31 Å². The molecule has 1 aromatic rings. The van der Waals surface area contributed by atoms with Gasteiger partial charge >= 0.3 is 11.9 Å². The Bertz CT molecular complexity index is 593. The van der Waals surface area contributed by atoms with Crippen LogP contribution in [0.25, 0.3) is 0 Å². The number of esters is 1. The molecule has 0 radical (unpaired) electrons. The van der Waals surface area contributed by atoms with Crippen LogP contribution in [0.1, 0.15) is 17.3 Å². The zero-order valence-electron chi connectivity index (χ0n) is 11.1. The molecule has 0 spiro atoms. The lowest BCUT2D eigenvalue weighted by Gasteiger charge is -2.18. The molecule has 7 nitrogen and oxygen atoms in total. The van der Waals surface area contributed by atoms with Crippen LogP contribution in [0.2, 0.25) is 0 Å². The topological polar surface area (TPSA) is 101 Å². The van der Waals surface area contributed by atoms with Crippen LogP contribution in [0, 0.1) is 0 Å². The van der Waals surface area contributed by atoms with E-state index >= 15 is 0 Å². The van der Waals surface area contributed by atoms with Crippen molar-refractivity contribution >= 4 is 27.6 Å². The molecule has 8 heteroatoms. The smallest absolute Gasteiger partial charge is 0.335 e. The van der Waals surface area contributed by atoms with E-state index in [9.17, 15) is 18.0 Å². The molecule has 0 fully saturated rings. The van der Waals surface area contributed by atoms with Gasteiger partial charge in [0.25, 0.3) is 0 Å². The number of carbonyl (C=O) groups is 2. The molecule has 0 aliphatic rings. The Labute approximate surface area is 116 Å². The van der Waals surface area contributed by atoms with Crippen LogP contribution in [0.5, 0.6) is 0 Å². The van der Waals surface area contributed by atoms with Crippen molar-refractivity contribution in [3.63, 3.8) is 0 Å². The van der Waals surface area contributed by atoms with E-state index in [-0.39, 0.29) is 17.9 Å². The molecular weight excluding hydrogens is 286 g/mol. The number of hydrogen-bond acceptors (Lipinski definition) is 5. The minimum absolute atomic E-state index is 0.0462. The lowest BCUT2D eigenvalue weighted by molar-refractivity contribution is -0.139. The van der Waals surface area contributed by atoms with E-state index in [2.05, 4.69) is 4.74 Å². The Morgan fingerprint density at radius 1 is 1.25 bits per heavy atom. The minimum atomic E-state index is -3.86. The number of hydrogen-bond donors (Lipinski definition) is 1. The van der Waals surface area contributed by atoms with E-state index < -0.39 is 27.7 Å². The van der Waals surface area contributed by atoms with Crippen molar-refractivity contribution in [3.8, 4) is 0 Å². The van der Waals surface area contributed by atoms with Gasteiger partial charge in [-0.3, -0.25) is 9.10 Å². The minimum Gasteiger partial charge on any atom is -0.478 e. The molecule has 1 aromatic carbocycles. The fourth-order valence-corrected chi connectivity index (χ4v) is 2.44. The molecule has 0 atom stereocenters. The van der Waals surface area contributed by atoms with Crippen LogP contribution in [-0.4, -0.2) is 44.9 Å². The normalized spacial score (nSPS) is 10.9. The first-order valence-corrected chi connectivity index (χ1v) is 7.34. The van der Waals surface area contributed by atoms with E-state index in [1.807, 2.05) is 0 Å². The number of carboxylic acid groups (broad SMARTS) is 1. The molecule has 0 aliphatic carbocycles. The molecule has 0 aliphatic heterocycles. The second kappa shape index (κ2) is 6.38. The Balaban J connectivity index is 2.90. The van der Waals surface area contributed by atoms with Gasteiger partial charge in [0.05, 0.1) is 17.9 Å². The van der Waals surface area contributed by atoms with Gasteiger partial charge in [-0.1, -0.05) is 0 Å². The van der Waals surface area contributed by atoms with E-state index in [0.717, 1.165) is 4.31 Å². The molecule has 0 heterocycles. The Morgan fingerprint density at radius 2 is 1.80 bits per heavy atom. The first-order valence-electron chi connectivity index (χ1n) is 5.73. The molecule has 0 bridgehead atoms. The summed E-state index contributed by atoms with van der Waals surface area (Å²) in [6.07, 6.45) is 0. The number of rotatable bonds is 6. The number of ether oxygens (including phenoxy) is 1. The highest BCUT2D eigenvalue weighted by Crippen LogP contribution is 2.17. The number of aromatic carboxylic acids is 1. The van der Waals surface area contributed by atoms with Crippen LogP contribution in [0.3, 0.4) is 0 Å². The van der Waals surface area contributed by atoms with Gasteiger partial charge in [-0.2, -0.15) is 0 Å². The van der Waals surface area contributed by atoms with Gasteiger partial charge in [-0.15, -0.1) is 0 Å². The fraction of sp³-hybridized carbons (Fsp3) is 0.333. The summed E-state index contributed by atoms with van der Waals surface area (Å²) in [6, 6.07) is 5.28. The van der Waals surface area contributed by atoms with Crippen molar-refractivity contribution in [1.29, 1.82) is 0 Å². The predicted octanol–water partition coefficient (Wildman–Crippen LogP) is 0.714. The highest BCUT2D eigenvalue weighted by molar-refractivity contribution is 7.93. The molecule has 1 N–H and O–H groups in total. The van der Waals surface area contributed by atoms with Gasteiger partial charge in [0.2, 0.25) is 10.0 Å². The summed E-state index contributed by atoms with van der Waals surface area (Å²) in [5.41, 5.74) is 0.309. The summed E-state index contributed by atoms with van der Waals surface area (Å²) in [5.74, 6) is -2.70. The highest BCUT2D eigenvalue weighted by Gasteiger charge is 2.23. The van der Waals surface area contributed by atoms with Crippen LogP contribution >= 0.6 is 0 Å².